The van der Waals surface area contributed by atoms with Crippen LogP contribution in [0, 0.1) is 0 Å². The third kappa shape index (κ3) is 2.58. The minimum atomic E-state index is -1.13. The highest BCUT2D eigenvalue weighted by Crippen LogP contribution is 2.33. The molecule has 0 amide bonds. The molecule has 1 aromatic carbocycles. The van der Waals surface area contributed by atoms with Crippen molar-refractivity contribution in [3.63, 3.8) is 0 Å². The minimum absolute atomic E-state index is 0.0968. The number of pyridine rings is 1. The number of carboxylic acid groups (broad SMARTS) is 1. The van der Waals surface area contributed by atoms with E-state index >= 15 is 0 Å². The SMILES string of the molecule is O=C(O)c1ccc(Cl)c(-c2ccc(Cl)cc2Cl)n1. The van der Waals surface area contributed by atoms with Crippen molar-refractivity contribution in [3.05, 3.63) is 51.1 Å². The van der Waals surface area contributed by atoms with Crippen molar-refractivity contribution in [1.29, 1.82) is 0 Å². The van der Waals surface area contributed by atoms with E-state index in [-0.39, 0.29) is 5.69 Å². The molecule has 0 saturated carbocycles. The molecule has 6 heteroatoms. The average molecular weight is 303 g/mol. The van der Waals surface area contributed by atoms with E-state index in [0.29, 0.717) is 26.3 Å². The van der Waals surface area contributed by atoms with Crippen LogP contribution in [0.1, 0.15) is 10.5 Å². The first-order valence-corrected chi connectivity index (χ1v) is 5.97. The smallest absolute Gasteiger partial charge is 0.354 e. The number of carbonyl (C=O) groups is 1. The molecule has 0 aliphatic rings. The Hall–Kier alpha value is -1.29. The van der Waals surface area contributed by atoms with Crippen LogP contribution in [0.15, 0.2) is 30.3 Å². The summed E-state index contributed by atoms with van der Waals surface area (Å²) in [5, 5.41) is 10.1. The molecule has 0 radical (unpaired) electrons. The van der Waals surface area contributed by atoms with Crippen LogP contribution in [-0.4, -0.2) is 16.1 Å². The maximum atomic E-state index is 10.9. The summed E-state index contributed by atoms with van der Waals surface area (Å²) in [6, 6.07) is 7.62. The van der Waals surface area contributed by atoms with Gasteiger partial charge in [-0.1, -0.05) is 34.8 Å². The van der Waals surface area contributed by atoms with Crippen molar-refractivity contribution in [1.82, 2.24) is 4.98 Å². The van der Waals surface area contributed by atoms with Crippen molar-refractivity contribution < 1.29 is 9.90 Å². The van der Waals surface area contributed by atoms with E-state index in [1.165, 1.54) is 12.1 Å². The Morgan fingerprint density at radius 1 is 1.06 bits per heavy atom. The van der Waals surface area contributed by atoms with Gasteiger partial charge in [-0.3, -0.25) is 0 Å². The van der Waals surface area contributed by atoms with Gasteiger partial charge in [-0.15, -0.1) is 0 Å². The number of benzene rings is 1. The lowest BCUT2D eigenvalue weighted by atomic mass is 10.1. The summed E-state index contributed by atoms with van der Waals surface area (Å²) in [4.78, 5) is 14.8. The van der Waals surface area contributed by atoms with Crippen molar-refractivity contribution in [2.75, 3.05) is 0 Å². The highest BCUT2D eigenvalue weighted by molar-refractivity contribution is 6.38. The number of aromatic carboxylic acids is 1. The Morgan fingerprint density at radius 3 is 2.39 bits per heavy atom. The summed E-state index contributed by atoms with van der Waals surface area (Å²) >= 11 is 17.8. The van der Waals surface area contributed by atoms with Crippen molar-refractivity contribution in [2.24, 2.45) is 0 Å². The predicted octanol–water partition coefficient (Wildman–Crippen LogP) is 4.41. The average Bonchev–Trinajstić information content (AvgIpc) is 2.30. The molecule has 0 spiro atoms. The molecule has 0 fully saturated rings. The van der Waals surface area contributed by atoms with Gasteiger partial charge < -0.3 is 5.11 Å². The van der Waals surface area contributed by atoms with E-state index < -0.39 is 5.97 Å². The molecule has 2 aromatic rings. The van der Waals surface area contributed by atoms with Crippen molar-refractivity contribution >= 4 is 40.8 Å². The number of halogens is 3. The van der Waals surface area contributed by atoms with E-state index in [9.17, 15) is 4.79 Å². The van der Waals surface area contributed by atoms with Crippen LogP contribution < -0.4 is 0 Å². The minimum Gasteiger partial charge on any atom is -0.477 e. The van der Waals surface area contributed by atoms with Gasteiger partial charge in [0.25, 0.3) is 0 Å². The fourth-order valence-electron chi connectivity index (χ4n) is 1.43. The fraction of sp³-hybridized carbons (Fsp3) is 0. The third-order valence-electron chi connectivity index (χ3n) is 2.25. The lowest BCUT2D eigenvalue weighted by Gasteiger charge is -2.07. The van der Waals surface area contributed by atoms with E-state index in [1.807, 2.05) is 0 Å². The molecule has 92 valence electrons. The summed E-state index contributed by atoms with van der Waals surface area (Å²) in [5.74, 6) is -1.13. The van der Waals surface area contributed by atoms with Crippen LogP contribution in [0.25, 0.3) is 11.3 Å². The quantitative estimate of drug-likeness (QED) is 0.894. The topological polar surface area (TPSA) is 50.2 Å². The second kappa shape index (κ2) is 5.14. The summed E-state index contributed by atoms with van der Waals surface area (Å²) in [6.07, 6.45) is 0. The van der Waals surface area contributed by atoms with E-state index in [0.717, 1.165) is 0 Å². The second-order valence-corrected chi connectivity index (χ2v) is 4.71. The molecule has 2 rings (SSSR count). The zero-order chi connectivity index (χ0) is 13.3. The number of aromatic nitrogens is 1. The first kappa shape index (κ1) is 13.1. The van der Waals surface area contributed by atoms with Crippen LogP contribution in [0.2, 0.25) is 15.1 Å². The zero-order valence-electron chi connectivity index (χ0n) is 8.82. The van der Waals surface area contributed by atoms with Crippen LogP contribution >= 0.6 is 34.8 Å². The molecular formula is C12H6Cl3NO2. The van der Waals surface area contributed by atoms with E-state index in [2.05, 4.69) is 4.98 Å². The Balaban J connectivity index is 2.62. The molecule has 0 aliphatic heterocycles. The highest BCUT2D eigenvalue weighted by Gasteiger charge is 2.13. The lowest BCUT2D eigenvalue weighted by molar-refractivity contribution is 0.0690. The van der Waals surface area contributed by atoms with Gasteiger partial charge in [-0.25, -0.2) is 9.78 Å². The molecule has 3 nitrogen and oxygen atoms in total. The molecule has 0 atom stereocenters. The van der Waals surface area contributed by atoms with Gasteiger partial charge >= 0.3 is 5.97 Å². The van der Waals surface area contributed by atoms with Gasteiger partial charge in [0.15, 0.2) is 0 Å². The van der Waals surface area contributed by atoms with E-state index in [1.54, 1.807) is 18.2 Å². The first-order valence-electron chi connectivity index (χ1n) is 4.84. The van der Waals surface area contributed by atoms with Gasteiger partial charge in [-0.2, -0.15) is 0 Å². The summed E-state index contributed by atoms with van der Waals surface area (Å²) in [7, 11) is 0. The summed E-state index contributed by atoms with van der Waals surface area (Å²) in [5.41, 5.74) is 0.757. The standard InChI is InChI=1S/C12H6Cl3NO2/c13-6-1-2-7(9(15)5-6)11-8(14)3-4-10(16-11)12(17)18/h1-5H,(H,17,18). The van der Waals surface area contributed by atoms with Gasteiger partial charge in [0, 0.05) is 10.6 Å². The Bertz CT molecular complexity index is 629. The zero-order valence-corrected chi connectivity index (χ0v) is 11.1. The van der Waals surface area contributed by atoms with Crippen LogP contribution in [0.4, 0.5) is 0 Å². The molecule has 0 bridgehead atoms. The fourth-order valence-corrected chi connectivity index (χ4v) is 2.14. The second-order valence-electron chi connectivity index (χ2n) is 3.46. The third-order valence-corrected chi connectivity index (χ3v) is 3.10. The molecule has 1 aromatic heterocycles. The number of carboxylic acids is 1. The maximum absolute atomic E-state index is 10.9. The van der Waals surface area contributed by atoms with Crippen LogP contribution in [0.3, 0.4) is 0 Å². The predicted molar refractivity (Wildman–Crippen MR) is 71.7 cm³/mol. The Morgan fingerprint density at radius 2 is 1.78 bits per heavy atom. The van der Waals surface area contributed by atoms with Crippen LogP contribution in [-0.2, 0) is 0 Å². The largest absolute Gasteiger partial charge is 0.477 e. The number of rotatable bonds is 2. The van der Waals surface area contributed by atoms with Gasteiger partial charge in [0.1, 0.15) is 5.69 Å². The molecule has 1 heterocycles. The lowest BCUT2D eigenvalue weighted by Crippen LogP contribution is -2.01. The van der Waals surface area contributed by atoms with Crippen molar-refractivity contribution in [2.45, 2.75) is 0 Å². The molecule has 0 saturated heterocycles. The van der Waals surface area contributed by atoms with Gasteiger partial charge in [0.05, 0.1) is 15.7 Å². The molecule has 0 unspecified atom stereocenters. The van der Waals surface area contributed by atoms with Gasteiger partial charge in [-0.05, 0) is 30.3 Å². The van der Waals surface area contributed by atoms with E-state index in [4.69, 9.17) is 39.9 Å². The number of nitrogens with zero attached hydrogens (tertiary/aromatic N) is 1. The summed E-state index contributed by atoms with van der Waals surface area (Å²) in [6.45, 7) is 0. The maximum Gasteiger partial charge on any atom is 0.354 e. The number of hydrogen-bond donors (Lipinski definition) is 1. The van der Waals surface area contributed by atoms with Crippen LogP contribution in [0.5, 0.6) is 0 Å². The summed E-state index contributed by atoms with van der Waals surface area (Å²) < 4.78 is 0. The number of hydrogen-bond acceptors (Lipinski definition) is 2. The first-order chi connectivity index (χ1) is 8.49. The Kier molecular flexibility index (Phi) is 3.76. The highest BCUT2D eigenvalue weighted by atomic mass is 35.5. The van der Waals surface area contributed by atoms with Crippen molar-refractivity contribution in [3.8, 4) is 11.3 Å². The molecule has 18 heavy (non-hydrogen) atoms. The molecule has 0 aliphatic carbocycles. The van der Waals surface area contributed by atoms with Gasteiger partial charge in [0.2, 0.25) is 0 Å². The Labute approximate surface area is 118 Å². The normalized spacial score (nSPS) is 10.4. The monoisotopic (exact) mass is 301 g/mol. The molecular weight excluding hydrogens is 296 g/mol. The molecule has 1 N–H and O–H groups in total.